The summed E-state index contributed by atoms with van der Waals surface area (Å²) >= 11 is 0. The van der Waals surface area contributed by atoms with Crippen LogP contribution in [0.25, 0.3) is 11.8 Å². The minimum atomic E-state index is -0.417. The molecule has 114 valence electrons. The molecule has 3 rings (SSSR count). The summed E-state index contributed by atoms with van der Waals surface area (Å²) in [7, 11) is 0. The lowest BCUT2D eigenvalue weighted by atomic mass is 10.1. The van der Waals surface area contributed by atoms with Crippen molar-refractivity contribution in [1.29, 1.82) is 0 Å². The minimum Gasteiger partial charge on any atom is -0.303 e. The fourth-order valence-electron chi connectivity index (χ4n) is 2.12. The average Bonchev–Trinajstić information content (AvgIpc) is 3.07. The number of allylic oxidation sites excluding steroid dienone is 1. The van der Waals surface area contributed by atoms with Gasteiger partial charge in [-0.05, 0) is 48.0 Å². The molecule has 2 aromatic carbocycles. The maximum absolute atomic E-state index is 14.1. The summed E-state index contributed by atoms with van der Waals surface area (Å²) in [5.74, 6) is -1.09. The fourth-order valence-corrected chi connectivity index (χ4v) is 2.12. The number of halogens is 2. The van der Waals surface area contributed by atoms with Gasteiger partial charge in [0.1, 0.15) is 11.6 Å². The van der Waals surface area contributed by atoms with Crippen LogP contribution in [-0.4, -0.2) is 15.3 Å². The Bertz CT molecular complexity index is 853. The number of benzene rings is 2. The normalized spacial score (nSPS) is 11.0. The molecule has 0 aliphatic rings. The molecule has 0 amide bonds. The molecule has 0 radical (unpaired) electrons. The van der Waals surface area contributed by atoms with Crippen molar-refractivity contribution in [3.05, 3.63) is 90.0 Å². The quantitative estimate of drug-likeness (QED) is 0.538. The largest absolute Gasteiger partial charge is 0.303 e. The third-order valence-corrected chi connectivity index (χ3v) is 3.31. The van der Waals surface area contributed by atoms with Crippen molar-refractivity contribution in [2.24, 2.45) is 0 Å². The predicted molar refractivity (Wildman–Crippen MR) is 83.3 cm³/mol. The number of carbonyl (C=O) groups excluding carboxylic acids is 1. The molecule has 0 fully saturated rings. The zero-order valence-corrected chi connectivity index (χ0v) is 12.0. The minimum absolute atomic E-state index is 0.274. The molecule has 0 unspecified atom stereocenters. The van der Waals surface area contributed by atoms with Crippen LogP contribution in [0.5, 0.6) is 0 Å². The van der Waals surface area contributed by atoms with Gasteiger partial charge in [0.15, 0.2) is 5.78 Å². The monoisotopic (exact) mass is 310 g/mol. The average molecular weight is 310 g/mol. The first-order valence-electron chi connectivity index (χ1n) is 6.89. The van der Waals surface area contributed by atoms with Gasteiger partial charge in [-0.15, -0.1) is 0 Å². The third kappa shape index (κ3) is 3.40. The smallest absolute Gasteiger partial charge is 0.185 e. The van der Waals surface area contributed by atoms with E-state index in [4.69, 9.17) is 0 Å². The number of hydrogen-bond donors (Lipinski definition) is 0. The molecular formula is C18H12F2N2O. The Morgan fingerprint density at radius 1 is 1.09 bits per heavy atom. The predicted octanol–water partition coefficient (Wildman–Crippen LogP) is 4.05. The number of aromatic nitrogens is 2. The van der Waals surface area contributed by atoms with E-state index in [1.54, 1.807) is 29.1 Å². The highest BCUT2D eigenvalue weighted by Crippen LogP contribution is 2.16. The van der Waals surface area contributed by atoms with E-state index in [0.29, 0.717) is 16.8 Å². The first-order valence-corrected chi connectivity index (χ1v) is 6.89. The summed E-state index contributed by atoms with van der Waals surface area (Å²) in [5.41, 5.74) is 1.31. The molecule has 1 heterocycles. The zero-order chi connectivity index (χ0) is 16.2. The standard InChI is InChI=1S/C18H12F2N2O/c19-15-5-3-14(4-6-15)18(23)8-2-13-1-7-17(16(20)11-13)22-10-9-21-12-22/h1-12H. The van der Waals surface area contributed by atoms with Crippen molar-refractivity contribution in [3.8, 4) is 5.69 Å². The zero-order valence-electron chi connectivity index (χ0n) is 12.0. The second-order valence-corrected chi connectivity index (χ2v) is 4.89. The summed E-state index contributed by atoms with van der Waals surface area (Å²) in [4.78, 5) is 15.8. The van der Waals surface area contributed by atoms with Crippen LogP contribution in [0.15, 0.2) is 67.3 Å². The van der Waals surface area contributed by atoms with Crippen LogP contribution in [0.1, 0.15) is 15.9 Å². The highest BCUT2D eigenvalue weighted by atomic mass is 19.1. The van der Waals surface area contributed by atoms with E-state index in [2.05, 4.69) is 4.98 Å². The maximum atomic E-state index is 14.1. The van der Waals surface area contributed by atoms with E-state index < -0.39 is 11.6 Å². The van der Waals surface area contributed by atoms with Crippen molar-refractivity contribution in [3.63, 3.8) is 0 Å². The first-order chi connectivity index (χ1) is 11.1. The van der Waals surface area contributed by atoms with Gasteiger partial charge >= 0.3 is 0 Å². The van der Waals surface area contributed by atoms with Gasteiger partial charge in [0.25, 0.3) is 0 Å². The summed E-state index contributed by atoms with van der Waals surface area (Å²) in [6, 6.07) is 9.91. The van der Waals surface area contributed by atoms with Gasteiger partial charge in [-0.1, -0.05) is 12.1 Å². The van der Waals surface area contributed by atoms with Crippen molar-refractivity contribution >= 4 is 11.9 Å². The first kappa shape index (κ1) is 14.8. The summed E-state index contributed by atoms with van der Waals surface area (Å²) in [5, 5.41) is 0. The van der Waals surface area contributed by atoms with E-state index in [-0.39, 0.29) is 5.78 Å². The van der Waals surface area contributed by atoms with E-state index in [1.165, 1.54) is 48.8 Å². The van der Waals surface area contributed by atoms with E-state index in [9.17, 15) is 13.6 Å². The molecule has 0 aliphatic carbocycles. The molecular weight excluding hydrogens is 298 g/mol. The van der Waals surface area contributed by atoms with Gasteiger partial charge in [0, 0.05) is 18.0 Å². The molecule has 0 aliphatic heterocycles. The topological polar surface area (TPSA) is 34.9 Å². The Balaban J connectivity index is 1.79. The lowest BCUT2D eigenvalue weighted by molar-refractivity contribution is 0.104. The number of imidazole rings is 1. The van der Waals surface area contributed by atoms with Crippen LogP contribution in [0.4, 0.5) is 8.78 Å². The van der Waals surface area contributed by atoms with Crippen molar-refractivity contribution in [2.45, 2.75) is 0 Å². The molecule has 0 saturated heterocycles. The molecule has 0 N–H and O–H groups in total. The SMILES string of the molecule is O=C(C=Cc1ccc(-n2ccnc2)c(F)c1)c1ccc(F)cc1. The summed E-state index contributed by atoms with van der Waals surface area (Å²) in [6.07, 6.45) is 7.57. The van der Waals surface area contributed by atoms with Crippen molar-refractivity contribution in [2.75, 3.05) is 0 Å². The molecule has 5 heteroatoms. The number of nitrogens with zero attached hydrogens (tertiary/aromatic N) is 2. The second-order valence-electron chi connectivity index (χ2n) is 4.89. The van der Waals surface area contributed by atoms with E-state index in [0.717, 1.165) is 0 Å². The Hall–Kier alpha value is -3.08. The Morgan fingerprint density at radius 2 is 1.87 bits per heavy atom. The van der Waals surface area contributed by atoms with Crippen LogP contribution in [0.3, 0.4) is 0 Å². The van der Waals surface area contributed by atoms with Crippen LogP contribution in [-0.2, 0) is 0 Å². The second kappa shape index (κ2) is 6.36. The van der Waals surface area contributed by atoms with E-state index in [1.807, 2.05) is 0 Å². The lowest BCUT2D eigenvalue weighted by Gasteiger charge is -2.04. The van der Waals surface area contributed by atoms with Crippen molar-refractivity contribution < 1.29 is 13.6 Å². The molecule has 0 saturated carbocycles. The van der Waals surface area contributed by atoms with E-state index >= 15 is 0 Å². The van der Waals surface area contributed by atoms with Gasteiger partial charge in [-0.25, -0.2) is 13.8 Å². The highest BCUT2D eigenvalue weighted by molar-refractivity contribution is 6.06. The summed E-state index contributed by atoms with van der Waals surface area (Å²) < 4.78 is 28.5. The van der Waals surface area contributed by atoms with Crippen LogP contribution in [0.2, 0.25) is 0 Å². The molecule has 1 aromatic heterocycles. The molecule has 0 atom stereocenters. The third-order valence-electron chi connectivity index (χ3n) is 3.31. The number of ketones is 1. The Labute approximate surface area is 131 Å². The van der Waals surface area contributed by atoms with Gasteiger partial charge in [0.05, 0.1) is 12.0 Å². The molecule has 0 spiro atoms. The summed E-state index contributed by atoms with van der Waals surface area (Å²) in [6.45, 7) is 0. The highest BCUT2D eigenvalue weighted by Gasteiger charge is 2.05. The molecule has 3 nitrogen and oxygen atoms in total. The Morgan fingerprint density at radius 3 is 2.52 bits per heavy atom. The molecule has 0 bridgehead atoms. The number of rotatable bonds is 4. The van der Waals surface area contributed by atoms with Crippen LogP contribution in [0, 0.1) is 11.6 Å². The number of carbonyl (C=O) groups is 1. The van der Waals surface area contributed by atoms with Crippen molar-refractivity contribution in [1.82, 2.24) is 9.55 Å². The van der Waals surface area contributed by atoms with Crippen LogP contribution >= 0.6 is 0 Å². The van der Waals surface area contributed by atoms with Gasteiger partial charge < -0.3 is 4.57 Å². The van der Waals surface area contributed by atoms with Gasteiger partial charge in [-0.2, -0.15) is 0 Å². The lowest BCUT2D eigenvalue weighted by Crippen LogP contribution is -1.96. The van der Waals surface area contributed by atoms with Crippen LogP contribution < -0.4 is 0 Å². The Kier molecular flexibility index (Phi) is 4.10. The fraction of sp³-hybridized carbons (Fsp3) is 0. The molecule has 3 aromatic rings. The molecule has 23 heavy (non-hydrogen) atoms. The van der Waals surface area contributed by atoms with Gasteiger partial charge in [-0.3, -0.25) is 4.79 Å². The maximum Gasteiger partial charge on any atom is 0.185 e. The van der Waals surface area contributed by atoms with Gasteiger partial charge in [0.2, 0.25) is 0 Å². The number of hydrogen-bond acceptors (Lipinski definition) is 2.